The fourth-order valence-corrected chi connectivity index (χ4v) is 3.75. The van der Waals surface area contributed by atoms with E-state index in [2.05, 4.69) is 14.8 Å². The van der Waals surface area contributed by atoms with E-state index in [0.29, 0.717) is 24.2 Å². The van der Waals surface area contributed by atoms with Gasteiger partial charge in [0.1, 0.15) is 11.6 Å². The predicted molar refractivity (Wildman–Crippen MR) is 83.6 cm³/mol. The summed E-state index contributed by atoms with van der Waals surface area (Å²) in [7, 11) is 0. The molecule has 3 fully saturated rings. The van der Waals surface area contributed by atoms with Gasteiger partial charge >= 0.3 is 0 Å². The first-order valence-electron chi connectivity index (χ1n) is 8.00. The second kappa shape index (κ2) is 5.98. The van der Waals surface area contributed by atoms with Gasteiger partial charge in [0.15, 0.2) is 0 Å². The molecule has 5 rings (SSSR count). The molecule has 0 radical (unpaired) electrons. The SMILES string of the molecule is Fc1ccc(CN2C3CC2CN(Cc2ccncc2)C3)c(F)c1. The smallest absolute Gasteiger partial charge is 0.130 e. The van der Waals surface area contributed by atoms with Crippen molar-refractivity contribution in [1.29, 1.82) is 0 Å². The largest absolute Gasteiger partial charge is 0.296 e. The maximum atomic E-state index is 13.8. The van der Waals surface area contributed by atoms with Crippen LogP contribution in [0.1, 0.15) is 17.5 Å². The summed E-state index contributed by atoms with van der Waals surface area (Å²) < 4.78 is 26.8. The highest BCUT2D eigenvalue weighted by atomic mass is 19.1. The lowest BCUT2D eigenvalue weighted by Crippen LogP contribution is -2.67. The molecular formula is C18H19F2N3. The van der Waals surface area contributed by atoms with Gasteiger partial charge in [0.25, 0.3) is 0 Å². The zero-order valence-corrected chi connectivity index (χ0v) is 12.8. The summed E-state index contributed by atoms with van der Waals surface area (Å²) in [6, 6.07) is 8.91. The van der Waals surface area contributed by atoms with E-state index in [1.54, 1.807) is 6.07 Å². The quantitative estimate of drug-likeness (QED) is 0.865. The third-order valence-corrected chi connectivity index (χ3v) is 4.94. The number of hydrogen-bond donors (Lipinski definition) is 0. The Morgan fingerprint density at radius 3 is 2.43 bits per heavy atom. The Balaban J connectivity index is 1.38. The molecule has 3 nitrogen and oxygen atoms in total. The van der Waals surface area contributed by atoms with E-state index in [1.807, 2.05) is 24.5 Å². The molecule has 3 aliphatic rings. The minimum absolute atomic E-state index is 0.441. The number of halogens is 2. The minimum atomic E-state index is -0.515. The number of hydrogen-bond acceptors (Lipinski definition) is 3. The van der Waals surface area contributed by atoms with Gasteiger partial charge in [-0.25, -0.2) is 8.78 Å². The van der Waals surface area contributed by atoms with E-state index in [4.69, 9.17) is 0 Å². The molecule has 0 spiro atoms. The molecule has 4 heterocycles. The number of piperazine rings is 1. The molecule has 2 bridgehead atoms. The van der Waals surface area contributed by atoms with Crippen LogP contribution < -0.4 is 0 Å². The number of piperidine rings is 1. The van der Waals surface area contributed by atoms with Crippen LogP contribution in [0.25, 0.3) is 0 Å². The summed E-state index contributed by atoms with van der Waals surface area (Å²) in [6.45, 7) is 3.52. The van der Waals surface area contributed by atoms with Crippen LogP contribution in [0.3, 0.4) is 0 Å². The summed E-state index contributed by atoms with van der Waals surface area (Å²) in [5.74, 6) is -0.956. The van der Waals surface area contributed by atoms with Gasteiger partial charge < -0.3 is 0 Å². The molecule has 2 aromatic rings. The number of nitrogens with zero attached hydrogens (tertiary/aromatic N) is 3. The van der Waals surface area contributed by atoms with Gasteiger partial charge in [0.05, 0.1) is 0 Å². The monoisotopic (exact) mass is 315 g/mol. The van der Waals surface area contributed by atoms with Crippen molar-refractivity contribution in [1.82, 2.24) is 14.8 Å². The van der Waals surface area contributed by atoms with Crippen LogP contribution in [0.15, 0.2) is 42.7 Å². The molecule has 5 heteroatoms. The highest BCUT2D eigenvalue weighted by molar-refractivity contribution is 5.20. The third-order valence-electron chi connectivity index (χ3n) is 4.94. The lowest BCUT2D eigenvalue weighted by molar-refractivity contribution is -0.0779. The Morgan fingerprint density at radius 1 is 1.00 bits per heavy atom. The summed E-state index contributed by atoms with van der Waals surface area (Å²) >= 11 is 0. The van der Waals surface area contributed by atoms with E-state index in [9.17, 15) is 8.78 Å². The molecule has 1 aromatic heterocycles. The van der Waals surface area contributed by atoms with Crippen molar-refractivity contribution in [2.75, 3.05) is 13.1 Å². The fraction of sp³-hybridized carbons (Fsp3) is 0.389. The van der Waals surface area contributed by atoms with Gasteiger partial charge in [-0.15, -0.1) is 0 Å². The highest BCUT2D eigenvalue weighted by Gasteiger charge is 2.44. The Labute approximate surface area is 134 Å². The van der Waals surface area contributed by atoms with E-state index in [-0.39, 0.29) is 0 Å². The number of benzene rings is 1. The molecule has 23 heavy (non-hydrogen) atoms. The molecule has 0 saturated carbocycles. The predicted octanol–water partition coefficient (Wildman–Crippen LogP) is 2.82. The van der Waals surface area contributed by atoms with E-state index in [1.165, 1.54) is 18.1 Å². The van der Waals surface area contributed by atoms with Crippen molar-refractivity contribution in [3.63, 3.8) is 0 Å². The Morgan fingerprint density at radius 2 is 1.74 bits per heavy atom. The number of pyridine rings is 1. The third kappa shape index (κ3) is 2.99. The van der Waals surface area contributed by atoms with Crippen LogP contribution >= 0.6 is 0 Å². The van der Waals surface area contributed by atoms with E-state index in [0.717, 1.165) is 25.7 Å². The van der Waals surface area contributed by atoms with Crippen LogP contribution in [-0.2, 0) is 13.1 Å². The highest BCUT2D eigenvalue weighted by Crippen LogP contribution is 2.34. The van der Waals surface area contributed by atoms with Gasteiger partial charge in [0.2, 0.25) is 0 Å². The summed E-state index contributed by atoms with van der Waals surface area (Å²) in [4.78, 5) is 8.84. The van der Waals surface area contributed by atoms with E-state index >= 15 is 0 Å². The van der Waals surface area contributed by atoms with Crippen molar-refractivity contribution < 1.29 is 8.78 Å². The minimum Gasteiger partial charge on any atom is -0.296 e. The number of fused-ring (bicyclic) bond motifs is 2. The van der Waals surface area contributed by atoms with Gasteiger partial charge in [0, 0.05) is 62.3 Å². The lowest BCUT2D eigenvalue weighted by Gasteiger charge is -2.56. The average Bonchev–Trinajstić information content (AvgIpc) is 2.55. The second-order valence-electron chi connectivity index (χ2n) is 6.50. The molecule has 0 N–H and O–H groups in total. The van der Waals surface area contributed by atoms with Gasteiger partial charge in [-0.3, -0.25) is 14.8 Å². The molecule has 3 saturated heterocycles. The van der Waals surface area contributed by atoms with E-state index < -0.39 is 11.6 Å². The fourth-order valence-electron chi connectivity index (χ4n) is 3.75. The Kier molecular flexibility index (Phi) is 3.83. The zero-order valence-electron chi connectivity index (χ0n) is 12.8. The first kappa shape index (κ1) is 14.7. The standard InChI is InChI=1S/C18H19F2N3/c19-15-2-1-14(18(20)7-15)10-23-16-8-17(23)12-22(11-16)9-13-3-5-21-6-4-13/h1-7,16-17H,8-12H2. The molecule has 120 valence electrons. The summed E-state index contributed by atoms with van der Waals surface area (Å²) in [6.07, 6.45) is 4.82. The molecular weight excluding hydrogens is 296 g/mol. The molecule has 3 aliphatic heterocycles. The van der Waals surface area contributed by atoms with Crippen molar-refractivity contribution in [2.45, 2.75) is 31.6 Å². The molecule has 2 atom stereocenters. The van der Waals surface area contributed by atoms with Crippen molar-refractivity contribution in [2.24, 2.45) is 0 Å². The van der Waals surface area contributed by atoms with Crippen molar-refractivity contribution in [3.05, 3.63) is 65.5 Å². The van der Waals surface area contributed by atoms with Gasteiger partial charge in [-0.05, 0) is 30.2 Å². The van der Waals surface area contributed by atoms with Gasteiger partial charge in [-0.2, -0.15) is 0 Å². The van der Waals surface area contributed by atoms with Crippen LogP contribution in [-0.4, -0.2) is 40.0 Å². The van der Waals surface area contributed by atoms with Crippen LogP contribution in [0, 0.1) is 11.6 Å². The maximum Gasteiger partial charge on any atom is 0.130 e. The molecule has 0 aliphatic carbocycles. The summed E-state index contributed by atoms with van der Waals surface area (Å²) in [5, 5.41) is 0. The zero-order chi connectivity index (χ0) is 15.8. The molecule has 0 amide bonds. The second-order valence-corrected chi connectivity index (χ2v) is 6.50. The maximum absolute atomic E-state index is 13.8. The molecule has 1 aromatic carbocycles. The first-order valence-corrected chi connectivity index (χ1v) is 8.00. The van der Waals surface area contributed by atoms with Gasteiger partial charge in [-0.1, -0.05) is 6.07 Å². The van der Waals surface area contributed by atoms with Crippen LogP contribution in [0.2, 0.25) is 0 Å². The molecule has 2 unspecified atom stereocenters. The number of aromatic nitrogens is 1. The Hall–Kier alpha value is -1.85. The van der Waals surface area contributed by atoms with Crippen LogP contribution in [0.4, 0.5) is 8.78 Å². The Bertz CT molecular complexity index is 680. The van der Waals surface area contributed by atoms with Crippen LogP contribution in [0.5, 0.6) is 0 Å². The first-order chi connectivity index (χ1) is 11.2. The van der Waals surface area contributed by atoms with Crippen molar-refractivity contribution in [3.8, 4) is 0 Å². The van der Waals surface area contributed by atoms with Crippen molar-refractivity contribution >= 4 is 0 Å². The average molecular weight is 315 g/mol. The summed E-state index contributed by atoms with van der Waals surface area (Å²) in [5.41, 5.74) is 1.86. The normalized spacial score (nSPS) is 24.4. The lowest BCUT2D eigenvalue weighted by atomic mass is 9.86. The topological polar surface area (TPSA) is 19.4 Å². The number of rotatable bonds is 4.